The summed E-state index contributed by atoms with van der Waals surface area (Å²) in [6, 6.07) is 9.73. The lowest BCUT2D eigenvalue weighted by Crippen LogP contribution is -2.59. The van der Waals surface area contributed by atoms with Crippen molar-refractivity contribution in [1.29, 1.82) is 0 Å². The molecular formula is C24H25ClN5O2+. The number of hydrogen-bond acceptors (Lipinski definition) is 5. The summed E-state index contributed by atoms with van der Waals surface area (Å²) >= 11 is 6.45. The van der Waals surface area contributed by atoms with Gasteiger partial charge in [0.1, 0.15) is 16.9 Å². The third-order valence-electron chi connectivity index (χ3n) is 6.53. The van der Waals surface area contributed by atoms with Gasteiger partial charge in [-0.15, -0.1) is 0 Å². The Morgan fingerprint density at radius 2 is 1.94 bits per heavy atom. The van der Waals surface area contributed by atoms with E-state index in [4.69, 9.17) is 11.6 Å². The minimum Gasteiger partial charge on any atom is -0.317 e. The summed E-state index contributed by atoms with van der Waals surface area (Å²) in [5, 5.41) is 1.60. The van der Waals surface area contributed by atoms with Crippen LogP contribution in [0.5, 0.6) is 0 Å². The number of halogens is 1. The van der Waals surface area contributed by atoms with Crippen LogP contribution in [-0.2, 0) is 16.1 Å². The predicted octanol–water partition coefficient (Wildman–Crippen LogP) is 2.66. The number of amidine groups is 1. The second-order valence-corrected chi connectivity index (χ2v) is 9.00. The van der Waals surface area contributed by atoms with Gasteiger partial charge in [0.2, 0.25) is 0 Å². The highest BCUT2D eigenvalue weighted by atomic mass is 35.5. The summed E-state index contributed by atoms with van der Waals surface area (Å²) in [5.41, 5.74) is 2.73. The maximum Gasteiger partial charge on any atom is 0.399 e. The topological polar surface area (TPSA) is 68.9 Å². The van der Waals surface area contributed by atoms with Crippen molar-refractivity contribution in [1.82, 2.24) is 14.8 Å². The van der Waals surface area contributed by atoms with Gasteiger partial charge in [0.25, 0.3) is 0 Å². The summed E-state index contributed by atoms with van der Waals surface area (Å²) in [5.74, 6) is -0.294. The van der Waals surface area contributed by atoms with E-state index in [9.17, 15) is 9.59 Å². The molecule has 32 heavy (non-hydrogen) atoms. The minimum atomic E-state index is -0.481. The molecule has 1 saturated heterocycles. The molecule has 164 valence electrons. The number of rotatable bonds is 3. The number of hydrogen-bond donors (Lipinski definition) is 0. The van der Waals surface area contributed by atoms with Crippen molar-refractivity contribution in [2.75, 3.05) is 20.1 Å². The number of pyridine rings is 1. The molecular weight excluding hydrogens is 426 g/mol. The van der Waals surface area contributed by atoms with Gasteiger partial charge in [-0.2, -0.15) is 4.58 Å². The van der Waals surface area contributed by atoms with Crippen LogP contribution in [-0.4, -0.2) is 74.9 Å². The van der Waals surface area contributed by atoms with Gasteiger partial charge < -0.3 is 4.90 Å². The zero-order valence-corrected chi connectivity index (χ0v) is 18.9. The summed E-state index contributed by atoms with van der Waals surface area (Å²) in [6.07, 6.45) is 5.39. The second-order valence-electron chi connectivity index (χ2n) is 8.64. The van der Waals surface area contributed by atoms with Crippen LogP contribution in [0.3, 0.4) is 0 Å². The molecule has 1 fully saturated rings. The maximum absolute atomic E-state index is 12.9. The number of nitrogens with zero attached hydrogens (tertiary/aromatic N) is 5. The molecule has 0 saturated carbocycles. The van der Waals surface area contributed by atoms with E-state index < -0.39 is 11.8 Å². The molecule has 2 amide bonds. The minimum absolute atomic E-state index is 0.0397. The van der Waals surface area contributed by atoms with Crippen molar-refractivity contribution in [3.05, 3.63) is 53.2 Å². The SMILES string of the molecule is CC1=NC2=[N+](C3CCN(Cc4cc5ccccc5nc4Cl)CC3)C(=O)C(=O)N(C)C2C=C1. The highest BCUT2D eigenvalue weighted by Gasteiger charge is 2.47. The molecule has 3 aliphatic rings. The van der Waals surface area contributed by atoms with Crippen molar-refractivity contribution in [3.63, 3.8) is 0 Å². The number of likely N-dealkylation sites (N-methyl/N-ethyl adjacent to an activating group) is 1. The molecule has 2 aromatic rings. The summed E-state index contributed by atoms with van der Waals surface area (Å²) < 4.78 is 1.65. The van der Waals surface area contributed by atoms with Gasteiger partial charge in [-0.25, -0.2) is 9.78 Å². The number of allylic oxidation sites excluding steroid dienone is 1. The number of piperidine rings is 1. The Hall–Kier alpha value is -2.90. The van der Waals surface area contributed by atoms with Crippen molar-refractivity contribution >= 4 is 45.9 Å². The molecule has 7 nitrogen and oxygen atoms in total. The number of dihydropyridines is 1. The Morgan fingerprint density at radius 1 is 1.19 bits per heavy atom. The van der Waals surface area contributed by atoms with E-state index in [0.29, 0.717) is 17.5 Å². The van der Waals surface area contributed by atoms with Gasteiger partial charge in [-0.05, 0) is 29.3 Å². The number of para-hydroxylation sites is 1. The van der Waals surface area contributed by atoms with Gasteiger partial charge in [0, 0.05) is 57.4 Å². The Labute approximate surface area is 191 Å². The molecule has 0 radical (unpaired) electrons. The van der Waals surface area contributed by atoms with Crippen molar-refractivity contribution < 1.29 is 14.2 Å². The number of carbonyl (C=O) groups excluding carboxylic acids is 2. The first-order valence-electron chi connectivity index (χ1n) is 10.9. The van der Waals surface area contributed by atoms with Crippen LogP contribution in [0.25, 0.3) is 10.9 Å². The third-order valence-corrected chi connectivity index (χ3v) is 6.85. The van der Waals surface area contributed by atoms with Crippen molar-refractivity contribution in [2.45, 2.75) is 38.4 Å². The Morgan fingerprint density at radius 3 is 2.72 bits per heavy atom. The van der Waals surface area contributed by atoms with Gasteiger partial charge in [-0.1, -0.05) is 29.8 Å². The summed E-state index contributed by atoms with van der Waals surface area (Å²) in [7, 11) is 1.66. The summed E-state index contributed by atoms with van der Waals surface area (Å²) in [6.45, 7) is 4.22. The molecule has 1 unspecified atom stereocenters. The van der Waals surface area contributed by atoms with Gasteiger partial charge >= 0.3 is 17.6 Å². The molecule has 1 aromatic heterocycles. The van der Waals surface area contributed by atoms with E-state index in [2.05, 4.69) is 20.9 Å². The molecule has 0 spiro atoms. The molecule has 1 atom stereocenters. The van der Waals surface area contributed by atoms with E-state index in [1.165, 1.54) is 4.90 Å². The van der Waals surface area contributed by atoms with E-state index in [1.807, 2.05) is 43.3 Å². The zero-order valence-electron chi connectivity index (χ0n) is 18.2. The molecule has 8 heteroatoms. The van der Waals surface area contributed by atoms with Crippen LogP contribution >= 0.6 is 11.6 Å². The normalized spacial score (nSPS) is 22.5. The van der Waals surface area contributed by atoms with Gasteiger partial charge in [-0.3, -0.25) is 9.69 Å². The fourth-order valence-electron chi connectivity index (χ4n) is 4.76. The largest absolute Gasteiger partial charge is 0.399 e. The average molecular weight is 451 g/mol. The fourth-order valence-corrected chi connectivity index (χ4v) is 4.97. The number of likely N-dealkylation sites (tertiary alicyclic amines) is 1. The van der Waals surface area contributed by atoms with Gasteiger partial charge in [0.15, 0.2) is 6.04 Å². The number of benzene rings is 1. The predicted molar refractivity (Wildman–Crippen MR) is 124 cm³/mol. The Kier molecular flexibility index (Phi) is 5.39. The van der Waals surface area contributed by atoms with Crippen LogP contribution in [0, 0.1) is 0 Å². The number of aromatic nitrogens is 1. The molecule has 4 heterocycles. The lowest BCUT2D eigenvalue weighted by molar-refractivity contribution is -0.494. The number of amides is 2. The van der Waals surface area contributed by atoms with Crippen molar-refractivity contribution in [2.24, 2.45) is 4.99 Å². The van der Waals surface area contributed by atoms with E-state index in [-0.39, 0.29) is 12.1 Å². The molecule has 1 aromatic carbocycles. The number of aliphatic imine (C=N–C) groups is 1. The molecule has 5 rings (SSSR count). The monoisotopic (exact) mass is 450 g/mol. The lowest BCUT2D eigenvalue weighted by Gasteiger charge is -2.35. The molecule has 0 aliphatic carbocycles. The molecule has 3 aliphatic heterocycles. The van der Waals surface area contributed by atoms with E-state index in [1.54, 1.807) is 11.6 Å². The highest BCUT2D eigenvalue weighted by molar-refractivity contribution is 6.34. The Balaban J connectivity index is 1.35. The van der Waals surface area contributed by atoms with Crippen LogP contribution in [0.1, 0.15) is 25.3 Å². The number of carbonyl (C=O) groups is 2. The smallest absolute Gasteiger partial charge is 0.317 e. The Bertz CT molecular complexity index is 1210. The molecule has 0 bridgehead atoms. The van der Waals surface area contributed by atoms with E-state index >= 15 is 0 Å². The maximum atomic E-state index is 12.9. The summed E-state index contributed by atoms with van der Waals surface area (Å²) in [4.78, 5) is 38.5. The first-order chi connectivity index (χ1) is 15.4. The van der Waals surface area contributed by atoms with Crippen LogP contribution in [0.4, 0.5) is 0 Å². The van der Waals surface area contributed by atoms with Crippen LogP contribution in [0.15, 0.2) is 47.5 Å². The van der Waals surface area contributed by atoms with Gasteiger partial charge in [0.05, 0.1) is 5.52 Å². The molecule has 0 N–H and O–H groups in total. The van der Waals surface area contributed by atoms with E-state index in [0.717, 1.165) is 48.1 Å². The standard InChI is InChI=1S/C24H25ClN5O2/c1-15-7-8-20-22(26-15)30(24(32)23(31)28(20)2)18-9-11-29(12-10-18)14-17-13-16-5-3-4-6-19(16)27-21(17)25/h3-8,13,18,20H,9-12,14H2,1-2H3/q+1. The average Bonchev–Trinajstić information content (AvgIpc) is 2.79. The van der Waals surface area contributed by atoms with Crippen LogP contribution in [0.2, 0.25) is 5.15 Å². The quantitative estimate of drug-likeness (QED) is 0.409. The zero-order chi connectivity index (χ0) is 22.4. The second kappa shape index (κ2) is 8.22. The first-order valence-corrected chi connectivity index (χ1v) is 11.3. The highest BCUT2D eigenvalue weighted by Crippen LogP contribution is 2.25. The fraction of sp³-hybridized carbons (Fsp3) is 0.375. The van der Waals surface area contributed by atoms with Crippen molar-refractivity contribution in [3.8, 4) is 0 Å². The third kappa shape index (κ3) is 3.65. The first kappa shape index (κ1) is 21.0. The lowest BCUT2D eigenvalue weighted by atomic mass is 10.00. The number of fused-ring (bicyclic) bond motifs is 2. The van der Waals surface area contributed by atoms with Crippen LogP contribution < -0.4 is 0 Å².